The predicted molar refractivity (Wildman–Crippen MR) is 73.2 cm³/mol. The minimum absolute atomic E-state index is 0.0620. The molecule has 0 radical (unpaired) electrons. The van der Waals surface area contributed by atoms with Gasteiger partial charge in [0.05, 0.1) is 0 Å². The van der Waals surface area contributed by atoms with Gasteiger partial charge < -0.3 is 0 Å². The molecule has 10 nitrogen and oxygen atoms in total. The average molecular weight is 408 g/mol. The summed E-state index contributed by atoms with van der Waals surface area (Å²) >= 11 is -3.15. The SMILES string of the molecule is C[As](C)(=O)C[C@H]1O[C@@H](OCC(O)C(O)S(=O)(=O)O)[C@H](O)[C@@H]1O. The van der Waals surface area contributed by atoms with Crippen molar-refractivity contribution in [2.45, 2.75) is 52.8 Å². The molecule has 22 heavy (non-hydrogen) atoms. The maximum absolute atomic E-state index is 11.8. The van der Waals surface area contributed by atoms with Crippen LogP contribution in [0.3, 0.4) is 0 Å². The van der Waals surface area contributed by atoms with E-state index in [0.29, 0.717) is 0 Å². The molecule has 12 heteroatoms. The fourth-order valence-corrected chi connectivity index (χ4v) is 4.84. The van der Waals surface area contributed by atoms with Crippen molar-refractivity contribution >= 4 is 23.6 Å². The van der Waals surface area contributed by atoms with E-state index < -0.39 is 66.4 Å². The second-order valence-corrected chi connectivity index (χ2v) is 14.5. The third-order valence-electron chi connectivity index (χ3n) is 3.00. The standard InChI is InChI=1S/C10H21AsO10S/c1-11(2,16)3-6-7(13)8(14)10(21-6)20-4-5(12)9(15)22(17,18)19/h5-10,12-15H,3-4H2,1-2H3,(H,17,18,19)/t5?,6-,7-,8-,9?,10-/m1/s1. The predicted octanol–water partition coefficient (Wildman–Crippen LogP) is -2.35. The summed E-state index contributed by atoms with van der Waals surface area (Å²) in [7, 11) is -4.87. The molecule has 0 aromatic carbocycles. The Hall–Kier alpha value is 0.0284. The van der Waals surface area contributed by atoms with Gasteiger partial charge in [0, 0.05) is 0 Å². The molecule has 6 atom stereocenters. The van der Waals surface area contributed by atoms with Gasteiger partial charge in [-0.3, -0.25) is 0 Å². The number of aliphatic hydroxyl groups is 4. The zero-order chi connectivity index (χ0) is 17.3. The first-order chi connectivity index (χ1) is 9.83. The molecule has 1 rings (SSSR count). The Morgan fingerprint density at radius 3 is 2.23 bits per heavy atom. The van der Waals surface area contributed by atoms with Crippen LogP contribution in [0.4, 0.5) is 0 Å². The van der Waals surface area contributed by atoms with E-state index in [1.807, 2.05) is 0 Å². The zero-order valence-electron chi connectivity index (χ0n) is 12.0. The molecule has 0 aliphatic carbocycles. The molecule has 0 aromatic heterocycles. The first kappa shape index (κ1) is 20.1. The van der Waals surface area contributed by atoms with E-state index in [-0.39, 0.29) is 5.21 Å². The van der Waals surface area contributed by atoms with Crippen molar-refractivity contribution < 1.29 is 46.6 Å². The number of aliphatic hydroxyl groups excluding tert-OH is 4. The first-order valence-electron chi connectivity index (χ1n) is 6.32. The van der Waals surface area contributed by atoms with E-state index in [0.717, 1.165) is 0 Å². The average Bonchev–Trinajstić information content (AvgIpc) is 2.60. The molecule has 0 spiro atoms. The summed E-state index contributed by atoms with van der Waals surface area (Å²) in [6.45, 7) is -0.775. The van der Waals surface area contributed by atoms with Crippen LogP contribution in [0.15, 0.2) is 0 Å². The molecule has 1 fully saturated rings. The van der Waals surface area contributed by atoms with Gasteiger partial charge in [0.1, 0.15) is 0 Å². The molecule has 2 unspecified atom stereocenters. The van der Waals surface area contributed by atoms with Crippen LogP contribution in [0.25, 0.3) is 0 Å². The Kier molecular flexibility index (Phi) is 6.65. The number of hydrogen-bond acceptors (Lipinski definition) is 9. The molecule has 1 saturated heterocycles. The zero-order valence-corrected chi connectivity index (χ0v) is 14.7. The Morgan fingerprint density at radius 1 is 1.23 bits per heavy atom. The summed E-state index contributed by atoms with van der Waals surface area (Å²) in [5, 5.41) is 38.0. The summed E-state index contributed by atoms with van der Waals surface area (Å²) in [6, 6.07) is 0. The van der Waals surface area contributed by atoms with E-state index in [4.69, 9.17) is 19.1 Å². The third-order valence-corrected chi connectivity index (χ3v) is 6.53. The second-order valence-electron chi connectivity index (χ2n) is 5.59. The van der Waals surface area contributed by atoms with Crippen molar-refractivity contribution in [1.82, 2.24) is 0 Å². The van der Waals surface area contributed by atoms with Gasteiger partial charge in [0.15, 0.2) is 0 Å². The first-order valence-corrected chi connectivity index (χ1v) is 13.7. The third kappa shape index (κ3) is 5.59. The van der Waals surface area contributed by atoms with E-state index in [1.54, 1.807) is 11.4 Å². The Balaban J connectivity index is 2.59. The monoisotopic (exact) mass is 408 g/mol. The summed E-state index contributed by atoms with van der Waals surface area (Å²) < 4.78 is 51.7. The van der Waals surface area contributed by atoms with Gasteiger partial charge in [-0.25, -0.2) is 0 Å². The normalized spacial score (nSPS) is 32.9. The van der Waals surface area contributed by atoms with Crippen LogP contribution in [0, 0.1) is 0 Å². The molecule has 5 N–H and O–H groups in total. The summed E-state index contributed by atoms with van der Waals surface area (Å²) in [5.74, 6) is 0. The van der Waals surface area contributed by atoms with Crippen molar-refractivity contribution in [3.63, 3.8) is 0 Å². The topological polar surface area (TPSA) is 171 Å². The molecule has 0 saturated carbocycles. The van der Waals surface area contributed by atoms with Gasteiger partial charge in [-0.2, -0.15) is 0 Å². The van der Waals surface area contributed by atoms with E-state index >= 15 is 0 Å². The van der Waals surface area contributed by atoms with Gasteiger partial charge in [0.25, 0.3) is 0 Å². The van der Waals surface area contributed by atoms with E-state index in [1.165, 1.54) is 0 Å². The quantitative estimate of drug-likeness (QED) is 0.227. The van der Waals surface area contributed by atoms with Gasteiger partial charge in [-0.1, -0.05) is 0 Å². The Morgan fingerprint density at radius 2 is 1.77 bits per heavy atom. The van der Waals surface area contributed by atoms with Gasteiger partial charge in [-0.15, -0.1) is 0 Å². The van der Waals surface area contributed by atoms with Gasteiger partial charge >= 0.3 is 130 Å². The summed E-state index contributed by atoms with van der Waals surface area (Å²) in [4.78, 5) is 0. The number of hydrogen-bond donors (Lipinski definition) is 5. The van der Waals surface area contributed by atoms with Crippen LogP contribution >= 0.6 is 0 Å². The molecule has 1 aliphatic heterocycles. The van der Waals surface area contributed by atoms with Crippen LogP contribution in [-0.2, 0) is 23.3 Å². The summed E-state index contributed by atoms with van der Waals surface area (Å²) in [5.41, 5.74) is 0.615. The van der Waals surface area contributed by atoms with Crippen LogP contribution < -0.4 is 0 Å². The molecule has 0 aromatic rings. The van der Waals surface area contributed by atoms with E-state index in [9.17, 15) is 27.5 Å². The van der Waals surface area contributed by atoms with Crippen molar-refractivity contribution in [3.8, 4) is 0 Å². The summed E-state index contributed by atoms with van der Waals surface area (Å²) in [6.07, 6.45) is -7.10. The second kappa shape index (κ2) is 7.28. The molecule has 1 heterocycles. The number of rotatable bonds is 7. The van der Waals surface area contributed by atoms with Crippen molar-refractivity contribution in [2.24, 2.45) is 0 Å². The van der Waals surface area contributed by atoms with Crippen molar-refractivity contribution in [1.29, 1.82) is 0 Å². The minimum atomic E-state index is -4.87. The fourth-order valence-electron chi connectivity index (χ4n) is 1.91. The molecule has 0 amide bonds. The molecule has 1 aliphatic rings. The molecular weight excluding hydrogens is 387 g/mol. The molecule has 132 valence electrons. The molecular formula is C10H21AsO10S. The van der Waals surface area contributed by atoms with Crippen LogP contribution in [-0.4, -0.2) is 89.6 Å². The molecule has 0 bridgehead atoms. The van der Waals surface area contributed by atoms with Crippen LogP contribution in [0.1, 0.15) is 0 Å². The Labute approximate surface area is 130 Å². The van der Waals surface area contributed by atoms with Crippen LogP contribution in [0.2, 0.25) is 16.6 Å². The van der Waals surface area contributed by atoms with E-state index in [2.05, 4.69) is 0 Å². The van der Waals surface area contributed by atoms with Crippen molar-refractivity contribution in [2.75, 3.05) is 6.61 Å². The van der Waals surface area contributed by atoms with Gasteiger partial charge in [0.2, 0.25) is 0 Å². The maximum atomic E-state index is 11.8. The fraction of sp³-hybridized carbons (Fsp3) is 1.00. The van der Waals surface area contributed by atoms with Crippen LogP contribution in [0.5, 0.6) is 0 Å². The van der Waals surface area contributed by atoms with Crippen molar-refractivity contribution in [3.05, 3.63) is 0 Å². The number of ether oxygens (including phenoxy) is 2. The van der Waals surface area contributed by atoms with Gasteiger partial charge in [-0.05, 0) is 0 Å². The Bertz CT molecular complexity index is 516.